The van der Waals surface area contributed by atoms with Gasteiger partial charge in [0.15, 0.2) is 11.7 Å². The molecule has 2 unspecified atom stereocenters. The minimum atomic E-state index is -0.759. The van der Waals surface area contributed by atoms with Crippen molar-refractivity contribution in [2.45, 2.75) is 25.4 Å². The van der Waals surface area contributed by atoms with Crippen LogP contribution < -0.4 is 15.4 Å². The molecule has 2 N–H and O–H groups in total. The van der Waals surface area contributed by atoms with Gasteiger partial charge in [-0.2, -0.15) is 10.4 Å². The molecule has 10 heteroatoms. The molecule has 0 saturated heterocycles. The molecule has 2 aromatic rings. The van der Waals surface area contributed by atoms with E-state index in [9.17, 15) is 14.9 Å². The van der Waals surface area contributed by atoms with E-state index in [1.165, 1.54) is 13.3 Å². The van der Waals surface area contributed by atoms with Crippen LogP contribution in [0.4, 0.5) is 0 Å². The van der Waals surface area contributed by atoms with Crippen molar-refractivity contribution in [3.05, 3.63) is 59.4 Å². The standard InChI is InChI=1S/C22H25N7O3/c1-3-15-6-8-16(9-7-15)17(13-23)26-21(30)18-14-29(28-27-18)12-11-25-22(31)20-19(32-2)5-4-10-24-20/h4-10,17-18H,3,11-12,14H2,1-2H3,(H,25,31)(H,26,30). The van der Waals surface area contributed by atoms with Crippen molar-refractivity contribution in [1.82, 2.24) is 20.6 Å². The molecule has 2 heterocycles. The molecule has 1 aromatic carbocycles. The number of carbonyl (C=O) groups excluding carboxylic acids is 2. The molecule has 3 rings (SSSR count). The van der Waals surface area contributed by atoms with Gasteiger partial charge in [0.05, 0.1) is 26.3 Å². The number of nitrogens with one attached hydrogen (secondary N) is 2. The summed E-state index contributed by atoms with van der Waals surface area (Å²) in [4.78, 5) is 28.9. The number of pyridine rings is 1. The van der Waals surface area contributed by atoms with Crippen molar-refractivity contribution in [2.24, 2.45) is 10.3 Å². The lowest BCUT2D eigenvalue weighted by molar-refractivity contribution is -0.122. The van der Waals surface area contributed by atoms with E-state index in [2.05, 4.69) is 38.9 Å². The first-order valence-electron chi connectivity index (χ1n) is 10.3. The number of nitrogens with zero attached hydrogens (tertiary/aromatic N) is 5. The molecule has 166 valence electrons. The Kier molecular flexibility index (Phi) is 7.70. The lowest BCUT2D eigenvalue weighted by Gasteiger charge is -2.16. The highest BCUT2D eigenvalue weighted by molar-refractivity contribution is 5.94. The summed E-state index contributed by atoms with van der Waals surface area (Å²) in [5.41, 5.74) is 2.08. The first-order valence-corrected chi connectivity index (χ1v) is 10.3. The number of ether oxygens (including phenoxy) is 1. The van der Waals surface area contributed by atoms with Crippen LogP contribution in [0.1, 0.15) is 34.6 Å². The van der Waals surface area contributed by atoms with Crippen molar-refractivity contribution >= 4 is 11.8 Å². The second-order valence-electron chi connectivity index (χ2n) is 7.11. The third kappa shape index (κ3) is 5.57. The Morgan fingerprint density at radius 3 is 2.78 bits per heavy atom. The van der Waals surface area contributed by atoms with Gasteiger partial charge in [0, 0.05) is 12.7 Å². The van der Waals surface area contributed by atoms with Crippen LogP contribution in [0.5, 0.6) is 5.75 Å². The van der Waals surface area contributed by atoms with Crippen LogP contribution >= 0.6 is 0 Å². The first kappa shape index (κ1) is 22.7. The summed E-state index contributed by atoms with van der Waals surface area (Å²) < 4.78 is 5.14. The van der Waals surface area contributed by atoms with Crippen molar-refractivity contribution in [3.8, 4) is 11.8 Å². The molecule has 10 nitrogen and oxygen atoms in total. The number of amides is 2. The second kappa shape index (κ2) is 10.9. The molecule has 1 aromatic heterocycles. The summed E-state index contributed by atoms with van der Waals surface area (Å²) in [6.45, 7) is 2.97. The first-order chi connectivity index (χ1) is 15.5. The van der Waals surface area contributed by atoms with Crippen molar-refractivity contribution < 1.29 is 14.3 Å². The van der Waals surface area contributed by atoms with E-state index < -0.39 is 12.1 Å². The van der Waals surface area contributed by atoms with Gasteiger partial charge in [-0.1, -0.05) is 36.4 Å². The molecular formula is C22H25N7O3. The zero-order valence-corrected chi connectivity index (χ0v) is 18.0. The molecule has 1 aliphatic heterocycles. The van der Waals surface area contributed by atoms with E-state index in [0.29, 0.717) is 12.3 Å². The van der Waals surface area contributed by atoms with Crippen LogP contribution in [0.15, 0.2) is 52.9 Å². The van der Waals surface area contributed by atoms with Crippen LogP contribution in [-0.2, 0) is 11.2 Å². The third-order valence-electron chi connectivity index (χ3n) is 5.00. The highest BCUT2D eigenvalue weighted by Gasteiger charge is 2.28. The molecule has 0 fully saturated rings. The Bertz CT molecular complexity index is 1020. The number of benzene rings is 1. The van der Waals surface area contributed by atoms with Gasteiger partial charge in [0.1, 0.15) is 11.8 Å². The summed E-state index contributed by atoms with van der Waals surface area (Å²) in [6, 6.07) is 11.5. The summed E-state index contributed by atoms with van der Waals surface area (Å²) in [7, 11) is 1.47. The van der Waals surface area contributed by atoms with E-state index in [4.69, 9.17) is 4.74 Å². The minimum absolute atomic E-state index is 0.199. The van der Waals surface area contributed by atoms with Gasteiger partial charge in [-0.05, 0) is 29.7 Å². The number of aryl methyl sites for hydroxylation is 1. The Hall–Kier alpha value is -4.00. The SMILES string of the molecule is CCc1ccc(C(C#N)NC(=O)C2CN(CCNC(=O)c3ncccc3OC)N=N2)cc1. The fraction of sp³-hybridized carbons (Fsp3) is 0.364. The summed E-state index contributed by atoms with van der Waals surface area (Å²) in [6.07, 6.45) is 2.42. The van der Waals surface area contributed by atoms with Crippen molar-refractivity contribution in [1.29, 1.82) is 5.26 Å². The van der Waals surface area contributed by atoms with E-state index in [0.717, 1.165) is 17.5 Å². The maximum absolute atomic E-state index is 12.6. The predicted molar refractivity (Wildman–Crippen MR) is 116 cm³/mol. The van der Waals surface area contributed by atoms with Gasteiger partial charge in [0.25, 0.3) is 5.91 Å². The number of hydrogen-bond donors (Lipinski definition) is 2. The number of carbonyl (C=O) groups is 2. The summed E-state index contributed by atoms with van der Waals surface area (Å²) in [5.74, 6) is -0.345. The molecule has 32 heavy (non-hydrogen) atoms. The molecule has 2 atom stereocenters. The molecule has 0 bridgehead atoms. The fourth-order valence-electron chi connectivity index (χ4n) is 3.16. The quantitative estimate of drug-likeness (QED) is 0.617. The third-order valence-corrected chi connectivity index (χ3v) is 5.00. The van der Waals surface area contributed by atoms with Crippen molar-refractivity contribution in [2.75, 3.05) is 26.7 Å². The normalized spacial score (nSPS) is 15.7. The number of methoxy groups -OCH3 is 1. The number of aromatic nitrogens is 1. The van der Waals surface area contributed by atoms with Gasteiger partial charge >= 0.3 is 0 Å². The second-order valence-corrected chi connectivity index (χ2v) is 7.11. The van der Waals surface area contributed by atoms with E-state index in [1.807, 2.05) is 24.3 Å². The summed E-state index contributed by atoms with van der Waals surface area (Å²) in [5, 5.41) is 24.5. The molecule has 0 radical (unpaired) electrons. The van der Waals surface area contributed by atoms with E-state index in [1.54, 1.807) is 17.1 Å². The maximum Gasteiger partial charge on any atom is 0.273 e. The molecule has 0 saturated carbocycles. The molecule has 0 spiro atoms. The van der Waals surface area contributed by atoms with Crippen molar-refractivity contribution in [3.63, 3.8) is 0 Å². The molecule has 0 aliphatic carbocycles. The Morgan fingerprint density at radius 1 is 1.31 bits per heavy atom. The van der Waals surface area contributed by atoms with Crippen LogP contribution in [0.3, 0.4) is 0 Å². The number of nitriles is 1. The largest absolute Gasteiger partial charge is 0.494 e. The maximum atomic E-state index is 12.6. The topological polar surface area (TPSA) is 132 Å². The van der Waals surface area contributed by atoms with Gasteiger partial charge in [-0.15, -0.1) is 0 Å². The smallest absolute Gasteiger partial charge is 0.273 e. The minimum Gasteiger partial charge on any atom is -0.494 e. The van der Waals surface area contributed by atoms with E-state index >= 15 is 0 Å². The van der Waals surface area contributed by atoms with E-state index in [-0.39, 0.29) is 30.6 Å². The van der Waals surface area contributed by atoms with Crippen LogP contribution in [0.25, 0.3) is 0 Å². The monoisotopic (exact) mass is 435 g/mol. The fourth-order valence-corrected chi connectivity index (χ4v) is 3.16. The lowest BCUT2D eigenvalue weighted by Crippen LogP contribution is -2.40. The van der Waals surface area contributed by atoms with Gasteiger partial charge in [-0.25, -0.2) is 4.98 Å². The molecule has 2 amide bonds. The average Bonchev–Trinajstić information content (AvgIpc) is 3.31. The number of hydrogen-bond acceptors (Lipinski definition) is 8. The Balaban J connectivity index is 1.46. The van der Waals surface area contributed by atoms with Gasteiger partial charge < -0.3 is 15.4 Å². The number of rotatable bonds is 9. The van der Waals surface area contributed by atoms with Crippen LogP contribution in [0.2, 0.25) is 0 Å². The van der Waals surface area contributed by atoms with Crippen LogP contribution in [0, 0.1) is 11.3 Å². The van der Waals surface area contributed by atoms with Crippen LogP contribution in [-0.4, -0.2) is 54.6 Å². The molecule has 1 aliphatic rings. The molecular weight excluding hydrogens is 410 g/mol. The summed E-state index contributed by atoms with van der Waals surface area (Å²) >= 11 is 0. The average molecular weight is 435 g/mol. The predicted octanol–water partition coefficient (Wildman–Crippen LogP) is 1.81. The Morgan fingerprint density at radius 2 is 2.09 bits per heavy atom. The van der Waals surface area contributed by atoms with Gasteiger partial charge in [-0.3, -0.25) is 14.6 Å². The zero-order valence-electron chi connectivity index (χ0n) is 18.0. The highest BCUT2D eigenvalue weighted by Crippen LogP contribution is 2.16. The van der Waals surface area contributed by atoms with Gasteiger partial charge in [0.2, 0.25) is 5.91 Å². The lowest BCUT2D eigenvalue weighted by atomic mass is 10.0. The highest BCUT2D eigenvalue weighted by atomic mass is 16.5. The Labute approximate surface area is 186 Å². The zero-order chi connectivity index (χ0) is 22.9.